The van der Waals surface area contributed by atoms with Crippen LogP contribution in [0.4, 0.5) is 0 Å². The lowest BCUT2D eigenvalue weighted by atomic mass is 9.44. The first-order chi connectivity index (χ1) is 47.4. The van der Waals surface area contributed by atoms with E-state index in [0.717, 1.165) is 106 Å². The standard InChI is InChI=1S/C21H30O2.C21H28O2.C10H18O.4C10H20O/c2*1-19-9-7-14-3-2-4-16(14)17(19)8-10-20-11-15(5-6-18(19)20)21(23,12-20)13-22;1-9(2)7-4-5-10(3,6-7)8(9)11;4*1-7(2)9-5-4-8(3)6-10(9)11/h2,4,15,17-18,22-23H,3,5-13H2,1H3;2,4,7,9,15,17-18,22-23H,3,5-6,8,10-13H2,1H3;7-8,11H,4-6H2,1-3H3;4*7-11H,4-6H2,1-3H3/t2*15-,17-,18+,19-,20+,21+;;8-,9+,10+;8-,9+,10-;8-,9-,10+;8-,9-,10-/m00.1011/s1. The van der Waals surface area contributed by atoms with Crippen LogP contribution < -0.4 is 0 Å². The van der Waals surface area contributed by atoms with Crippen molar-refractivity contribution in [2.75, 3.05) is 13.2 Å². The van der Waals surface area contributed by atoms with Crippen LogP contribution in [-0.4, -0.2) is 101 Å². The summed E-state index contributed by atoms with van der Waals surface area (Å²) >= 11 is 0. The van der Waals surface area contributed by atoms with Crippen LogP contribution in [0.15, 0.2) is 58.7 Å². The normalized spacial score (nSPS) is 47.5. The topological polar surface area (TPSA) is 182 Å². The summed E-state index contributed by atoms with van der Waals surface area (Å²) in [5.41, 5.74) is 6.61. The Morgan fingerprint density at radius 1 is 0.426 bits per heavy atom. The van der Waals surface area contributed by atoms with Crippen LogP contribution in [0.2, 0.25) is 0 Å². The van der Waals surface area contributed by atoms with Crippen molar-refractivity contribution in [3.8, 4) is 0 Å². The van der Waals surface area contributed by atoms with Gasteiger partial charge in [0.1, 0.15) is 0 Å². The number of fused-ring (bicyclic) bond motifs is 10. The first kappa shape index (κ1) is 81.8. The smallest absolute Gasteiger partial charge is 0.0910 e. The third-order valence-electron chi connectivity index (χ3n) is 33.3. The molecule has 6 bridgehead atoms. The Morgan fingerprint density at radius 3 is 1.24 bits per heavy atom. The second kappa shape index (κ2) is 32.5. The molecule has 16 aliphatic rings. The Bertz CT molecular complexity index is 2750. The van der Waals surface area contributed by atoms with Gasteiger partial charge in [0.2, 0.25) is 0 Å². The summed E-state index contributed by atoms with van der Waals surface area (Å²) in [6.45, 7) is 38.3. The number of hydrogen-bond donors (Lipinski definition) is 9. The molecule has 16 aliphatic carbocycles. The summed E-state index contributed by atoms with van der Waals surface area (Å²) in [5, 5.41) is 90.4. The van der Waals surface area contributed by atoms with Gasteiger partial charge in [-0.1, -0.05) is 185 Å². The van der Waals surface area contributed by atoms with Gasteiger partial charge >= 0.3 is 0 Å². The Hall–Kier alpha value is -1.66. The molecular formula is C92H156O9. The van der Waals surface area contributed by atoms with E-state index in [1.165, 1.54) is 140 Å². The lowest BCUT2D eigenvalue weighted by molar-refractivity contribution is -0.0828. The Balaban J connectivity index is 0.000000131. The first-order valence-electron chi connectivity index (χ1n) is 43.0. The highest BCUT2D eigenvalue weighted by molar-refractivity contribution is 5.48. The van der Waals surface area contributed by atoms with E-state index in [2.05, 4.69) is 154 Å². The number of hydrogen-bond acceptors (Lipinski definition) is 9. The van der Waals surface area contributed by atoms with Crippen LogP contribution >= 0.6 is 0 Å². The molecule has 16 rings (SSSR count). The molecule has 0 aromatic rings. The van der Waals surface area contributed by atoms with E-state index in [1.54, 1.807) is 16.7 Å². The molecule has 578 valence electrons. The summed E-state index contributed by atoms with van der Waals surface area (Å²) in [7, 11) is 0. The van der Waals surface area contributed by atoms with Crippen molar-refractivity contribution in [3.63, 3.8) is 0 Å². The fourth-order valence-corrected chi connectivity index (χ4v) is 27.1. The largest absolute Gasteiger partial charge is 0.393 e. The molecule has 9 heteroatoms. The molecule has 0 aromatic heterocycles. The second-order valence-electron chi connectivity index (χ2n) is 41.7. The molecule has 9 nitrogen and oxygen atoms in total. The van der Waals surface area contributed by atoms with Crippen LogP contribution in [-0.2, 0) is 0 Å². The van der Waals surface area contributed by atoms with Gasteiger partial charge in [0.25, 0.3) is 0 Å². The minimum absolute atomic E-state index is 0.0289. The van der Waals surface area contributed by atoms with Crippen LogP contribution in [0.25, 0.3) is 0 Å². The van der Waals surface area contributed by atoms with E-state index in [1.807, 2.05) is 0 Å². The molecule has 0 radical (unpaired) electrons. The van der Waals surface area contributed by atoms with Gasteiger partial charge in [-0.15, -0.1) is 0 Å². The summed E-state index contributed by atoms with van der Waals surface area (Å²) in [6.07, 6.45) is 50.9. The van der Waals surface area contributed by atoms with E-state index in [-0.39, 0.29) is 65.4 Å². The first-order valence-corrected chi connectivity index (χ1v) is 43.0. The average Bonchev–Trinajstić information content (AvgIpc) is 1.61. The van der Waals surface area contributed by atoms with Gasteiger partial charge in [-0.05, 0) is 335 Å². The highest BCUT2D eigenvalue weighted by atomic mass is 16.3. The zero-order valence-electron chi connectivity index (χ0n) is 67.7. The molecule has 27 atom stereocenters. The van der Waals surface area contributed by atoms with Crippen molar-refractivity contribution in [1.29, 1.82) is 0 Å². The Labute approximate surface area is 618 Å². The maximum Gasteiger partial charge on any atom is 0.0910 e. The van der Waals surface area contributed by atoms with E-state index < -0.39 is 11.2 Å². The van der Waals surface area contributed by atoms with E-state index in [0.29, 0.717) is 81.8 Å². The maximum absolute atomic E-state index is 11.0. The second-order valence-corrected chi connectivity index (χ2v) is 41.7. The quantitative estimate of drug-likeness (QED) is 0.125. The fraction of sp³-hybridized carbons (Fsp3) is 0.891. The van der Waals surface area contributed by atoms with Crippen LogP contribution in [0.3, 0.4) is 0 Å². The maximum atomic E-state index is 11.0. The predicted octanol–water partition coefficient (Wildman–Crippen LogP) is 19.7. The number of aliphatic hydroxyl groups excluding tert-OH is 7. The molecular weight excluding hydrogens is 1250 g/mol. The van der Waals surface area contributed by atoms with Crippen LogP contribution in [0.1, 0.15) is 317 Å². The molecule has 0 amide bonds. The van der Waals surface area contributed by atoms with E-state index in [9.17, 15) is 46.0 Å². The highest BCUT2D eigenvalue weighted by Crippen LogP contribution is 2.73. The molecule has 0 saturated heterocycles. The number of allylic oxidation sites excluding steroid dienone is 10. The van der Waals surface area contributed by atoms with Gasteiger partial charge in [0.15, 0.2) is 0 Å². The third kappa shape index (κ3) is 16.8. The molecule has 12 saturated carbocycles. The number of rotatable bonds is 6. The van der Waals surface area contributed by atoms with Crippen LogP contribution in [0, 0.1) is 145 Å². The van der Waals surface area contributed by atoms with Gasteiger partial charge in [-0.25, -0.2) is 0 Å². The molecule has 9 N–H and O–H groups in total. The molecule has 12 fully saturated rings. The summed E-state index contributed by atoms with van der Waals surface area (Å²) in [6, 6.07) is 0. The highest BCUT2D eigenvalue weighted by Gasteiger charge is 2.68. The van der Waals surface area contributed by atoms with E-state index >= 15 is 0 Å². The lowest BCUT2D eigenvalue weighted by Crippen LogP contribution is -2.51. The van der Waals surface area contributed by atoms with Gasteiger partial charge in [-0.2, -0.15) is 0 Å². The molecule has 0 aliphatic heterocycles. The molecule has 0 aromatic carbocycles. The van der Waals surface area contributed by atoms with Gasteiger partial charge in [0.05, 0.1) is 54.9 Å². The monoisotopic (exact) mass is 1410 g/mol. The molecule has 0 heterocycles. The summed E-state index contributed by atoms with van der Waals surface area (Å²) < 4.78 is 0. The predicted molar refractivity (Wildman–Crippen MR) is 416 cm³/mol. The zero-order valence-corrected chi connectivity index (χ0v) is 67.7. The average molecular weight is 1410 g/mol. The Morgan fingerprint density at radius 2 is 0.842 bits per heavy atom. The van der Waals surface area contributed by atoms with Gasteiger partial charge in [-0.3, -0.25) is 0 Å². The summed E-state index contributed by atoms with van der Waals surface area (Å²) in [5.74, 6) is 12.0. The lowest BCUT2D eigenvalue weighted by Gasteiger charge is -2.60. The Kier molecular flexibility index (Phi) is 26.3. The van der Waals surface area contributed by atoms with Crippen molar-refractivity contribution >= 4 is 0 Å². The third-order valence-corrected chi connectivity index (χ3v) is 33.3. The van der Waals surface area contributed by atoms with Gasteiger partial charge in [0, 0.05) is 0 Å². The van der Waals surface area contributed by atoms with Gasteiger partial charge < -0.3 is 46.0 Å². The van der Waals surface area contributed by atoms with Crippen molar-refractivity contribution in [3.05, 3.63) is 58.7 Å². The minimum atomic E-state index is -0.811. The van der Waals surface area contributed by atoms with Crippen LogP contribution in [0.5, 0.6) is 0 Å². The fourth-order valence-electron chi connectivity index (χ4n) is 27.1. The van der Waals surface area contributed by atoms with E-state index in [4.69, 9.17) is 0 Å². The molecule has 101 heavy (non-hydrogen) atoms. The number of aliphatic hydroxyl groups is 9. The SMILES string of the molecule is CC(C)[C@@H]1CC[C@@H](C)C[C@@H]1O.CC(C)[C@H]1CC[C@@H](C)C[C@@H]1O.CC(C)[C@H]1CC[C@@H](C)C[C@H]1O.CC(C)[C@H]1CC[C@H](C)C[C@@H]1O.CC12CCC(C1)C(C)(C)C2O.C[C@]12C=CC3=C(C=CC3)[C@@H]1CC[C@]13C[C@H](CC[C@@H]12)[C@](O)(CO)C3.C[C@]12CCC3=C(C=CC3)[C@@H]1CC[C@]13C[C@H](CC[C@@H]12)[C@](O)(CO)C3. The van der Waals surface area contributed by atoms with Crippen molar-refractivity contribution in [2.45, 2.75) is 358 Å². The molecule has 3 unspecified atom stereocenters. The minimum Gasteiger partial charge on any atom is -0.393 e. The zero-order chi connectivity index (χ0) is 73.7. The van der Waals surface area contributed by atoms with Crippen molar-refractivity contribution in [2.24, 2.45) is 145 Å². The van der Waals surface area contributed by atoms with Crippen molar-refractivity contribution in [1.82, 2.24) is 0 Å². The molecule has 2 spiro atoms. The van der Waals surface area contributed by atoms with Crippen molar-refractivity contribution < 1.29 is 46.0 Å². The summed E-state index contributed by atoms with van der Waals surface area (Å²) in [4.78, 5) is 0.